The summed E-state index contributed by atoms with van der Waals surface area (Å²) in [6.07, 6.45) is 6.81. The molecule has 7 nitrogen and oxygen atoms in total. The molecule has 0 radical (unpaired) electrons. The number of thiazole rings is 1. The van der Waals surface area contributed by atoms with Crippen molar-refractivity contribution in [2.75, 3.05) is 31.1 Å². The Morgan fingerprint density at radius 1 is 1.15 bits per heavy atom. The number of benzene rings is 1. The Kier molecular flexibility index (Phi) is 5.40. The van der Waals surface area contributed by atoms with Crippen molar-refractivity contribution in [1.29, 1.82) is 5.26 Å². The fourth-order valence-corrected chi connectivity index (χ4v) is 4.98. The van der Waals surface area contributed by atoms with E-state index in [2.05, 4.69) is 58.0 Å². The second kappa shape index (κ2) is 8.52. The number of fused-ring (bicyclic) bond motifs is 1. The maximum atomic E-state index is 11.8. The minimum atomic E-state index is -0.0147. The van der Waals surface area contributed by atoms with Crippen LogP contribution in [0.4, 0.5) is 5.69 Å². The van der Waals surface area contributed by atoms with Gasteiger partial charge in [0.25, 0.3) is 0 Å². The van der Waals surface area contributed by atoms with Crippen LogP contribution in [0.2, 0.25) is 0 Å². The number of carbonyl (C=O) groups is 1. The van der Waals surface area contributed by atoms with Crippen molar-refractivity contribution in [1.82, 2.24) is 19.5 Å². The van der Waals surface area contributed by atoms with Crippen LogP contribution in [0, 0.1) is 18.3 Å². The number of hydrogen-bond acceptors (Lipinski definition) is 6. The quantitative estimate of drug-likeness (QED) is 0.433. The number of carbonyl (C=O) groups excluding carboxylic acids is 1. The van der Waals surface area contributed by atoms with Gasteiger partial charge >= 0.3 is 0 Å². The molecule has 5 rings (SSSR count). The lowest BCUT2D eigenvalue weighted by Gasteiger charge is -2.35. The van der Waals surface area contributed by atoms with Crippen LogP contribution in [-0.2, 0) is 4.79 Å². The van der Waals surface area contributed by atoms with Gasteiger partial charge in [-0.1, -0.05) is 18.7 Å². The fraction of sp³-hybridized carbons (Fsp3) is 0.200. The number of aromatic nitrogens is 3. The average Bonchev–Trinajstić information content (AvgIpc) is 3.49. The molecular formula is C25H22N6OS. The minimum absolute atomic E-state index is 0.0147. The van der Waals surface area contributed by atoms with E-state index in [1.165, 1.54) is 6.08 Å². The zero-order chi connectivity index (χ0) is 22.9. The molecule has 1 aromatic carbocycles. The summed E-state index contributed by atoms with van der Waals surface area (Å²) >= 11 is 1.63. The van der Waals surface area contributed by atoms with Crippen LogP contribution < -0.4 is 4.90 Å². The van der Waals surface area contributed by atoms with Crippen LogP contribution in [-0.4, -0.2) is 51.6 Å². The number of nitrogens with zero attached hydrogens (tertiary/aromatic N) is 6. The zero-order valence-corrected chi connectivity index (χ0v) is 19.0. The molecule has 164 valence electrons. The lowest BCUT2D eigenvalue weighted by atomic mass is 10.0. The molecule has 1 aliphatic heterocycles. The van der Waals surface area contributed by atoms with Crippen molar-refractivity contribution in [3.8, 4) is 27.6 Å². The van der Waals surface area contributed by atoms with Gasteiger partial charge in [-0.3, -0.25) is 4.79 Å². The van der Waals surface area contributed by atoms with E-state index in [0.717, 1.165) is 50.9 Å². The van der Waals surface area contributed by atoms with E-state index in [1.807, 2.05) is 24.2 Å². The lowest BCUT2D eigenvalue weighted by molar-refractivity contribution is -0.126. The van der Waals surface area contributed by atoms with Crippen molar-refractivity contribution in [2.24, 2.45) is 0 Å². The molecule has 1 amide bonds. The molecule has 0 atom stereocenters. The van der Waals surface area contributed by atoms with Crippen molar-refractivity contribution < 1.29 is 4.79 Å². The Hall–Kier alpha value is -3.96. The van der Waals surface area contributed by atoms with Crippen LogP contribution in [0.15, 0.2) is 61.6 Å². The molecule has 1 fully saturated rings. The van der Waals surface area contributed by atoms with Gasteiger partial charge in [-0.05, 0) is 36.8 Å². The molecule has 4 heterocycles. The Bertz CT molecular complexity index is 1390. The second-order valence-corrected chi connectivity index (χ2v) is 9.15. The van der Waals surface area contributed by atoms with Crippen molar-refractivity contribution in [2.45, 2.75) is 6.92 Å². The van der Waals surface area contributed by atoms with Gasteiger partial charge in [0.2, 0.25) is 5.91 Å². The Balaban J connectivity index is 1.49. The molecular weight excluding hydrogens is 432 g/mol. The highest BCUT2D eigenvalue weighted by molar-refractivity contribution is 7.15. The summed E-state index contributed by atoms with van der Waals surface area (Å²) in [4.78, 5) is 21.4. The van der Waals surface area contributed by atoms with Crippen LogP contribution in [0.5, 0.6) is 0 Å². The second-order valence-electron chi connectivity index (χ2n) is 7.91. The average molecular weight is 455 g/mol. The summed E-state index contributed by atoms with van der Waals surface area (Å²) in [6.45, 7) is 8.50. The highest BCUT2D eigenvalue weighted by Crippen LogP contribution is 2.34. The first-order valence-electron chi connectivity index (χ1n) is 10.7. The van der Waals surface area contributed by atoms with E-state index >= 15 is 0 Å². The Labute approximate surface area is 195 Å². The number of nitriles is 1. The van der Waals surface area contributed by atoms with Crippen LogP contribution in [0.25, 0.3) is 27.1 Å². The van der Waals surface area contributed by atoms with Gasteiger partial charge in [0.1, 0.15) is 6.07 Å². The molecule has 0 N–H and O–H groups in total. The topological polar surface area (TPSA) is 77.5 Å². The summed E-state index contributed by atoms with van der Waals surface area (Å²) in [6, 6.07) is 12.7. The monoisotopic (exact) mass is 454 g/mol. The highest BCUT2D eigenvalue weighted by Gasteiger charge is 2.20. The molecule has 8 heteroatoms. The predicted octanol–water partition coefficient (Wildman–Crippen LogP) is 4.14. The first-order chi connectivity index (χ1) is 16.1. The summed E-state index contributed by atoms with van der Waals surface area (Å²) in [5.74, 6) is -0.0147. The number of piperazine rings is 1. The van der Waals surface area contributed by atoms with Crippen molar-refractivity contribution in [3.05, 3.63) is 72.1 Å². The standard InChI is InChI=1S/C25H22N6OS/c1-3-24(32)30-10-8-29(9-11-30)21-6-4-18(5-7-21)22-12-19(23-15-27-17(2)33-23)16-31-25(22)20(13-26)14-28-31/h3-7,12,14-16H,1,8-11H2,2H3. The third-order valence-electron chi connectivity index (χ3n) is 5.95. The van der Waals surface area contributed by atoms with Gasteiger partial charge in [0.15, 0.2) is 0 Å². The number of anilines is 1. The summed E-state index contributed by atoms with van der Waals surface area (Å²) in [5, 5.41) is 15.0. The van der Waals surface area contributed by atoms with Gasteiger partial charge in [0, 0.05) is 55.4 Å². The lowest BCUT2D eigenvalue weighted by Crippen LogP contribution is -2.48. The van der Waals surface area contributed by atoms with Crippen molar-refractivity contribution >= 4 is 28.4 Å². The van der Waals surface area contributed by atoms with E-state index in [4.69, 9.17) is 0 Å². The van der Waals surface area contributed by atoms with E-state index in [-0.39, 0.29) is 5.91 Å². The Morgan fingerprint density at radius 3 is 2.55 bits per heavy atom. The molecule has 3 aromatic heterocycles. The fourth-order valence-electron chi connectivity index (χ4n) is 4.22. The SMILES string of the molecule is C=CC(=O)N1CCN(c2ccc(-c3cc(-c4cnc(C)s4)cn4ncc(C#N)c34)cc2)CC1. The summed E-state index contributed by atoms with van der Waals surface area (Å²) < 4.78 is 1.78. The minimum Gasteiger partial charge on any atom is -0.368 e. The summed E-state index contributed by atoms with van der Waals surface area (Å²) in [7, 11) is 0. The molecule has 0 spiro atoms. The van der Waals surface area contributed by atoms with Gasteiger partial charge < -0.3 is 9.80 Å². The number of amides is 1. The molecule has 0 bridgehead atoms. The van der Waals surface area contributed by atoms with Gasteiger partial charge in [-0.15, -0.1) is 11.3 Å². The first-order valence-corrected chi connectivity index (χ1v) is 11.5. The number of rotatable bonds is 4. The van der Waals surface area contributed by atoms with Crippen LogP contribution >= 0.6 is 11.3 Å². The Morgan fingerprint density at radius 2 is 1.91 bits per heavy atom. The maximum Gasteiger partial charge on any atom is 0.246 e. The van der Waals surface area contributed by atoms with Gasteiger partial charge in [-0.2, -0.15) is 10.4 Å². The number of hydrogen-bond donors (Lipinski definition) is 0. The smallest absolute Gasteiger partial charge is 0.246 e. The predicted molar refractivity (Wildman–Crippen MR) is 130 cm³/mol. The molecule has 0 aliphatic carbocycles. The molecule has 1 aliphatic rings. The van der Waals surface area contributed by atoms with E-state index in [9.17, 15) is 10.1 Å². The summed E-state index contributed by atoms with van der Waals surface area (Å²) in [5.41, 5.74) is 5.45. The third kappa shape index (κ3) is 3.88. The van der Waals surface area contributed by atoms with Gasteiger partial charge in [-0.25, -0.2) is 9.50 Å². The molecule has 1 saturated heterocycles. The largest absolute Gasteiger partial charge is 0.368 e. The van der Waals surface area contributed by atoms with E-state index < -0.39 is 0 Å². The normalized spacial score (nSPS) is 13.8. The maximum absolute atomic E-state index is 11.8. The molecule has 33 heavy (non-hydrogen) atoms. The van der Waals surface area contributed by atoms with E-state index in [0.29, 0.717) is 18.7 Å². The molecule has 4 aromatic rings. The van der Waals surface area contributed by atoms with Crippen LogP contribution in [0.3, 0.4) is 0 Å². The first kappa shape index (κ1) is 20.9. The third-order valence-corrected chi connectivity index (χ3v) is 6.91. The molecule has 0 unspecified atom stereocenters. The highest BCUT2D eigenvalue weighted by atomic mass is 32.1. The zero-order valence-electron chi connectivity index (χ0n) is 18.2. The van der Waals surface area contributed by atoms with E-state index in [1.54, 1.807) is 22.0 Å². The molecule has 0 saturated carbocycles. The van der Waals surface area contributed by atoms with Gasteiger partial charge in [0.05, 0.1) is 27.2 Å². The van der Waals surface area contributed by atoms with Crippen LogP contribution in [0.1, 0.15) is 10.6 Å². The number of pyridine rings is 1. The van der Waals surface area contributed by atoms with Crippen molar-refractivity contribution in [3.63, 3.8) is 0 Å². The number of aryl methyl sites for hydroxylation is 1.